The normalized spacial score (nSPS) is 20.9. The Morgan fingerprint density at radius 2 is 1.95 bits per heavy atom. The number of halogens is 1. The fourth-order valence-corrected chi connectivity index (χ4v) is 3.03. The van der Waals surface area contributed by atoms with Gasteiger partial charge < -0.3 is 9.47 Å². The summed E-state index contributed by atoms with van der Waals surface area (Å²) in [6, 6.07) is 6.56. The summed E-state index contributed by atoms with van der Waals surface area (Å²) in [5.41, 5.74) is 2.45. The molecular formula is C18H24FNO2. The third-order valence-corrected chi connectivity index (χ3v) is 4.34. The van der Waals surface area contributed by atoms with Gasteiger partial charge in [-0.3, -0.25) is 4.90 Å². The van der Waals surface area contributed by atoms with Crippen LogP contribution in [0.5, 0.6) is 0 Å². The van der Waals surface area contributed by atoms with Gasteiger partial charge in [-0.2, -0.15) is 0 Å². The molecule has 120 valence electrons. The highest BCUT2D eigenvalue weighted by molar-refractivity contribution is 5.15. The lowest BCUT2D eigenvalue weighted by Crippen LogP contribution is -2.38. The molecule has 0 N–H and O–H groups in total. The van der Waals surface area contributed by atoms with E-state index in [-0.39, 0.29) is 5.82 Å². The summed E-state index contributed by atoms with van der Waals surface area (Å²) in [6.45, 7) is 5.41. The molecule has 0 unspecified atom stereocenters. The molecule has 2 heterocycles. The molecule has 1 aromatic rings. The Morgan fingerprint density at radius 1 is 1.18 bits per heavy atom. The molecule has 1 aromatic carbocycles. The topological polar surface area (TPSA) is 21.7 Å². The first kappa shape index (κ1) is 15.7. The second kappa shape index (κ2) is 7.86. The van der Waals surface area contributed by atoms with E-state index >= 15 is 0 Å². The predicted octanol–water partition coefficient (Wildman–Crippen LogP) is 3.15. The SMILES string of the molecule is Fc1ccc(COC2CCN(CC3=CCCOC3)CC2)cc1. The minimum atomic E-state index is -0.196. The third-order valence-electron chi connectivity index (χ3n) is 4.34. The van der Waals surface area contributed by atoms with Crippen LogP contribution < -0.4 is 0 Å². The monoisotopic (exact) mass is 305 g/mol. The van der Waals surface area contributed by atoms with Crippen LogP contribution in [0, 0.1) is 5.82 Å². The van der Waals surface area contributed by atoms with Crippen molar-refractivity contribution in [2.24, 2.45) is 0 Å². The molecule has 3 rings (SSSR count). The second-order valence-electron chi connectivity index (χ2n) is 6.12. The van der Waals surface area contributed by atoms with Gasteiger partial charge in [-0.25, -0.2) is 4.39 Å². The number of rotatable bonds is 5. The van der Waals surface area contributed by atoms with Crippen LogP contribution in [0.1, 0.15) is 24.8 Å². The summed E-state index contributed by atoms with van der Waals surface area (Å²) in [5.74, 6) is -0.196. The standard InChI is InChI=1S/C18H24FNO2/c19-17-5-3-15(4-6-17)14-22-18-7-9-20(10-8-18)12-16-2-1-11-21-13-16/h2-6,18H,1,7-14H2. The van der Waals surface area contributed by atoms with E-state index in [1.807, 2.05) is 0 Å². The van der Waals surface area contributed by atoms with Crippen LogP contribution in [-0.4, -0.2) is 43.9 Å². The minimum absolute atomic E-state index is 0.196. The predicted molar refractivity (Wildman–Crippen MR) is 84.2 cm³/mol. The quantitative estimate of drug-likeness (QED) is 0.780. The van der Waals surface area contributed by atoms with E-state index in [9.17, 15) is 4.39 Å². The number of benzene rings is 1. The Kier molecular flexibility index (Phi) is 5.59. The molecule has 0 bridgehead atoms. The second-order valence-corrected chi connectivity index (χ2v) is 6.12. The molecule has 0 aromatic heterocycles. The molecule has 0 saturated carbocycles. The van der Waals surface area contributed by atoms with E-state index in [1.165, 1.54) is 17.7 Å². The van der Waals surface area contributed by atoms with Crippen LogP contribution in [0.2, 0.25) is 0 Å². The zero-order valence-corrected chi connectivity index (χ0v) is 13.0. The highest BCUT2D eigenvalue weighted by atomic mass is 19.1. The van der Waals surface area contributed by atoms with Crippen LogP contribution in [0.4, 0.5) is 4.39 Å². The van der Waals surface area contributed by atoms with Crippen molar-refractivity contribution in [1.82, 2.24) is 4.90 Å². The summed E-state index contributed by atoms with van der Waals surface area (Å²) in [7, 11) is 0. The summed E-state index contributed by atoms with van der Waals surface area (Å²) in [5, 5.41) is 0. The first-order valence-corrected chi connectivity index (χ1v) is 8.13. The smallest absolute Gasteiger partial charge is 0.123 e. The molecule has 0 amide bonds. The number of ether oxygens (including phenoxy) is 2. The van der Waals surface area contributed by atoms with Crippen molar-refractivity contribution in [2.45, 2.75) is 32.0 Å². The molecule has 0 atom stereocenters. The number of hydrogen-bond donors (Lipinski definition) is 0. The van der Waals surface area contributed by atoms with Gasteiger partial charge in [-0.05, 0) is 42.5 Å². The van der Waals surface area contributed by atoms with E-state index in [0.29, 0.717) is 12.7 Å². The third kappa shape index (κ3) is 4.63. The van der Waals surface area contributed by atoms with Crippen LogP contribution in [0.15, 0.2) is 35.9 Å². The molecule has 2 aliphatic heterocycles. The number of nitrogens with zero attached hydrogens (tertiary/aromatic N) is 1. The highest BCUT2D eigenvalue weighted by Crippen LogP contribution is 2.18. The number of piperidine rings is 1. The maximum Gasteiger partial charge on any atom is 0.123 e. The summed E-state index contributed by atoms with van der Waals surface area (Å²) in [6.07, 6.45) is 5.82. The Hall–Kier alpha value is -1.23. The Morgan fingerprint density at radius 3 is 2.64 bits per heavy atom. The maximum absolute atomic E-state index is 12.9. The molecule has 3 nitrogen and oxygen atoms in total. The molecule has 2 aliphatic rings. The van der Waals surface area contributed by atoms with Crippen LogP contribution in [0.25, 0.3) is 0 Å². The lowest BCUT2D eigenvalue weighted by atomic mass is 10.1. The lowest BCUT2D eigenvalue weighted by molar-refractivity contribution is -0.00159. The van der Waals surface area contributed by atoms with E-state index in [2.05, 4.69) is 11.0 Å². The van der Waals surface area contributed by atoms with Gasteiger partial charge in [0.15, 0.2) is 0 Å². The molecule has 1 saturated heterocycles. The number of hydrogen-bond acceptors (Lipinski definition) is 3. The fraction of sp³-hybridized carbons (Fsp3) is 0.556. The van der Waals surface area contributed by atoms with Gasteiger partial charge in [0, 0.05) is 19.6 Å². The molecule has 1 fully saturated rings. The van der Waals surface area contributed by atoms with E-state index in [0.717, 1.165) is 57.7 Å². The van der Waals surface area contributed by atoms with Gasteiger partial charge in [0.25, 0.3) is 0 Å². The lowest BCUT2D eigenvalue weighted by Gasteiger charge is -2.33. The summed E-state index contributed by atoms with van der Waals surface area (Å²) in [4.78, 5) is 2.48. The first-order chi connectivity index (χ1) is 10.8. The van der Waals surface area contributed by atoms with E-state index in [4.69, 9.17) is 9.47 Å². The maximum atomic E-state index is 12.9. The molecule has 0 radical (unpaired) electrons. The van der Waals surface area contributed by atoms with Crippen LogP contribution in [-0.2, 0) is 16.1 Å². The van der Waals surface area contributed by atoms with Gasteiger partial charge in [0.2, 0.25) is 0 Å². The van der Waals surface area contributed by atoms with Crippen molar-refractivity contribution in [3.8, 4) is 0 Å². The van der Waals surface area contributed by atoms with Gasteiger partial charge in [-0.15, -0.1) is 0 Å². The number of likely N-dealkylation sites (tertiary alicyclic amines) is 1. The summed E-state index contributed by atoms with van der Waals surface area (Å²) >= 11 is 0. The van der Waals surface area contributed by atoms with Crippen LogP contribution in [0.3, 0.4) is 0 Å². The molecule has 0 spiro atoms. The van der Waals surface area contributed by atoms with E-state index in [1.54, 1.807) is 12.1 Å². The van der Waals surface area contributed by atoms with Gasteiger partial charge >= 0.3 is 0 Å². The average Bonchev–Trinajstić information content (AvgIpc) is 2.57. The minimum Gasteiger partial charge on any atom is -0.377 e. The molecule has 22 heavy (non-hydrogen) atoms. The Bertz CT molecular complexity index is 492. The van der Waals surface area contributed by atoms with Crippen molar-refractivity contribution in [2.75, 3.05) is 32.8 Å². The zero-order chi connectivity index (χ0) is 15.2. The van der Waals surface area contributed by atoms with Crippen molar-refractivity contribution in [1.29, 1.82) is 0 Å². The highest BCUT2D eigenvalue weighted by Gasteiger charge is 2.20. The molecule has 4 heteroatoms. The van der Waals surface area contributed by atoms with Gasteiger partial charge in [-0.1, -0.05) is 18.2 Å². The largest absolute Gasteiger partial charge is 0.377 e. The Labute approximate surface area is 131 Å². The van der Waals surface area contributed by atoms with Gasteiger partial charge in [0.1, 0.15) is 5.82 Å². The molecular weight excluding hydrogens is 281 g/mol. The van der Waals surface area contributed by atoms with Crippen molar-refractivity contribution < 1.29 is 13.9 Å². The Balaban J connectivity index is 1.38. The zero-order valence-electron chi connectivity index (χ0n) is 13.0. The first-order valence-electron chi connectivity index (χ1n) is 8.13. The van der Waals surface area contributed by atoms with Crippen molar-refractivity contribution in [3.63, 3.8) is 0 Å². The van der Waals surface area contributed by atoms with Gasteiger partial charge in [0.05, 0.1) is 25.9 Å². The molecule has 0 aliphatic carbocycles. The fourth-order valence-electron chi connectivity index (χ4n) is 3.03. The van der Waals surface area contributed by atoms with E-state index < -0.39 is 0 Å². The summed E-state index contributed by atoms with van der Waals surface area (Å²) < 4.78 is 24.3. The average molecular weight is 305 g/mol. The van der Waals surface area contributed by atoms with Crippen molar-refractivity contribution >= 4 is 0 Å². The van der Waals surface area contributed by atoms with Crippen molar-refractivity contribution in [3.05, 3.63) is 47.3 Å². The van der Waals surface area contributed by atoms with Crippen LogP contribution >= 0.6 is 0 Å².